The highest BCUT2D eigenvalue weighted by Crippen LogP contribution is 2.29. The van der Waals surface area contributed by atoms with Crippen molar-refractivity contribution < 1.29 is 5.11 Å². The number of aromatic amines is 1. The maximum atomic E-state index is 9.36. The molecule has 0 saturated carbocycles. The fourth-order valence-electron chi connectivity index (χ4n) is 2.03. The van der Waals surface area contributed by atoms with Gasteiger partial charge in [-0.2, -0.15) is 0 Å². The van der Waals surface area contributed by atoms with Crippen LogP contribution in [0.2, 0.25) is 0 Å². The van der Waals surface area contributed by atoms with E-state index >= 15 is 0 Å². The number of imidazole rings is 1. The molecule has 0 aromatic carbocycles. The lowest BCUT2D eigenvalue weighted by molar-refractivity contribution is 0.267. The average molecular weight is 268 g/mol. The molecule has 1 atom stereocenters. The lowest BCUT2D eigenvalue weighted by Gasteiger charge is -2.18. The maximum absolute atomic E-state index is 9.36. The molecule has 2 rings (SSSR count). The van der Waals surface area contributed by atoms with Crippen LogP contribution in [0.5, 0.6) is 0 Å². The first kappa shape index (κ1) is 12.5. The number of aliphatic hydroxyl groups is 1. The van der Waals surface area contributed by atoms with Gasteiger partial charge in [-0.1, -0.05) is 19.4 Å². The molecular weight excluding hydrogens is 252 g/mol. The van der Waals surface area contributed by atoms with Gasteiger partial charge in [-0.05, 0) is 30.1 Å². The lowest BCUT2D eigenvalue weighted by atomic mass is 10.1. The first-order valence-electron chi connectivity index (χ1n) is 5.71. The van der Waals surface area contributed by atoms with Crippen LogP contribution in [-0.4, -0.2) is 14.7 Å². The zero-order valence-corrected chi connectivity index (χ0v) is 11.4. The molecule has 17 heavy (non-hydrogen) atoms. The molecular formula is C12H16N2OS2. The molecule has 0 bridgehead atoms. The molecule has 2 N–H and O–H groups in total. The van der Waals surface area contributed by atoms with Crippen molar-refractivity contribution in [1.82, 2.24) is 9.55 Å². The average Bonchev–Trinajstić information content (AvgIpc) is 2.95. The molecule has 0 spiro atoms. The Morgan fingerprint density at radius 2 is 2.41 bits per heavy atom. The molecule has 0 aliphatic carbocycles. The SMILES string of the molecule is CCCC(c1cccs1)n1c(CO)c[nH]c1=S. The van der Waals surface area contributed by atoms with Crippen LogP contribution in [0.15, 0.2) is 23.7 Å². The van der Waals surface area contributed by atoms with Gasteiger partial charge in [-0.3, -0.25) is 0 Å². The van der Waals surface area contributed by atoms with Crippen LogP contribution in [0.1, 0.15) is 36.4 Å². The summed E-state index contributed by atoms with van der Waals surface area (Å²) in [5, 5.41) is 11.4. The monoisotopic (exact) mass is 268 g/mol. The predicted octanol–water partition coefficient (Wildman–Crippen LogP) is 3.49. The van der Waals surface area contributed by atoms with Crippen molar-refractivity contribution in [2.75, 3.05) is 0 Å². The third-order valence-electron chi connectivity index (χ3n) is 2.80. The van der Waals surface area contributed by atoms with Gasteiger partial charge in [0.05, 0.1) is 18.3 Å². The van der Waals surface area contributed by atoms with Gasteiger partial charge in [-0.25, -0.2) is 0 Å². The molecule has 1 unspecified atom stereocenters. The summed E-state index contributed by atoms with van der Waals surface area (Å²) in [7, 11) is 0. The van der Waals surface area contributed by atoms with Crippen molar-refractivity contribution in [3.8, 4) is 0 Å². The molecule has 3 nitrogen and oxygen atoms in total. The van der Waals surface area contributed by atoms with Gasteiger partial charge in [-0.15, -0.1) is 11.3 Å². The number of thiophene rings is 1. The quantitative estimate of drug-likeness (QED) is 0.815. The van der Waals surface area contributed by atoms with Crippen molar-refractivity contribution in [2.24, 2.45) is 0 Å². The van der Waals surface area contributed by atoms with E-state index in [2.05, 4.69) is 29.4 Å². The second-order valence-corrected chi connectivity index (χ2v) is 5.30. The number of nitrogens with zero attached hydrogens (tertiary/aromatic N) is 1. The number of nitrogens with one attached hydrogen (secondary N) is 1. The van der Waals surface area contributed by atoms with E-state index in [-0.39, 0.29) is 12.6 Å². The first-order valence-corrected chi connectivity index (χ1v) is 6.99. The Bertz CT molecular complexity index is 513. The lowest BCUT2D eigenvalue weighted by Crippen LogP contribution is -2.12. The number of H-pyrrole nitrogens is 1. The normalized spacial score (nSPS) is 12.8. The Morgan fingerprint density at radius 1 is 1.59 bits per heavy atom. The standard InChI is InChI=1S/C12H16N2OS2/c1-2-4-10(11-5-3-6-17-11)14-9(8-15)7-13-12(14)16/h3,5-7,10,15H,2,4,8H2,1H3,(H,13,16). The summed E-state index contributed by atoms with van der Waals surface area (Å²) < 4.78 is 2.71. The van der Waals surface area contributed by atoms with Crippen molar-refractivity contribution >= 4 is 23.6 Å². The highest BCUT2D eigenvalue weighted by Gasteiger charge is 2.17. The van der Waals surface area contributed by atoms with Crippen molar-refractivity contribution in [3.63, 3.8) is 0 Å². The minimum atomic E-state index is 0.0126. The molecule has 0 radical (unpaired) electrons. The number of rotatable bonds is 5. The Kier molecular flexibility index (Phi) is 4.15. The minimum absolute atomic E-state index is 0.0126. The predicted molar refractivity (Wildman–Crippen MR) is 72.9 cm³/mol. The van der Waals surface area contributed by atoms with Crippen molar-refractivity contribution in [2.45, 2.75) is 32.4 Å². The third-order valence-corrected chi connectivity index (χ3v) is 4.09. The summed E-state index contributed by atoms with van der Waals surface area (Å²) in [4.78, 5) is 4.30. The number of hydrogen-bond donors (Lipinski definition) is 2. The second-order valence-electron chi connectivity index (χ2n) is 3.93. The summed E-state index contributed by atoms with van der Waals surface area (Å²) >= 11 is 7.04. The Labute approximate surface area is 110 Å². The molecule has 0 fully saturated rings. The van der Waals surface area contributed by atoms with E-state index in [1.165, 1.54) is 4.88 Å². The summed E-state index contributed by atoms with van der Waals surface area (Å²) in [6, 6.07) is 4.42. The summed E-state index contributed by atoms with van der Waals surface area (Å²) in [5.41, 5.74) is 0.849. The number of aromatic nitrogens is 2. The number of hydrogen-bond acceptors (Lipinski definition) is 3. The summed E-state index contributed by atoms with van der Waals surface area (Å²) in [5.74, 6) is 0. The van der Waals surface area contributed by atoms with Gasteiger partial charge in [0.2, 0.25) is 0 Å². The molecule has 2 aromatic rings. The molecule has 5 heteroatoms. The van der Waals surface area contributed by atoms with E-state index in [1.54, 1.807) is 17.5 Å². The summed E-state index contributed by atoms with van der Waals surface area (Å²) in [6.07, 6.45) is 3.90. The smallest absolute Gasteiger partial charge is 0.178 e. The topological polar surface area (TPSA) is 41.0 Å². The summed E-state index contributed by atoms with van der Waals surface area (Å²) in [6.45, 7) is 2.17. The Hall–Kier alpha value is -0.910. The molecule has 2 aromatic heterocycles. The number of aliphatic hydroxyl groups excluding tert-OH is 1. The van der Waals surface area contributed by atoms with Gasteiger partial charge in [0.25, 0.3) is 0 Å². The minimum Gasteiger partial charge on any atom is -0.390 e. The van der Waals surface area contributed by atoms with Gasteiger partial charge in [0.1, 0.15) is 0 Å². The van der Waals surface area contributed by atoms with E-state index in [0.717, 1.165) is 18.5 Å². The molecule has 0 saturated heterocycles. The van der Waals surface area contributed by atoms with Gasteiger partial charge >= 0.3 is 0 Å². The maximum Gasteiger partial charge on any atom is 0.178 e. The zero-order valence-electron chi connectivity index (χ0n) is 9.72. The van der Waals surface area contributed by atoms with Crippen molar-refractivity contribution in [1.29, 1.82) is 0 Å². The van der Waals surface area contributed by atoms with E-state index < -0.39 is 0 Å². The fraction of sp³-hybridized carbons (Fsp3) is 0.417. The van der Waals surface area contributed by atoms with Crippen LogP contribution < -0.4 is 0 Å². The van der Waals surface area contributed by atoms with Crippen LogP contribution in [0.4, 0.5) is 0 Å². The highest BCUT2D eigenvalue weighted by atomic mass is 32.1. The molecule has 0 amide bonds. The van der Waals surface area contributed by atoms with E-state index in [9.17, 15) is 5.11 Å². The van der Waals surface area contributed by atoms with Crippen molar-refractivity contribution in [3.05, 3.63) is 39.1 Å². The molecule has 0 aliphatic rings. The first-order chi connectivity index (χ1) is 8.27. The molecule has 0 aliphatic heterocycles. The van der Waals surface area contributed by atoms with Crippen LogP contribution in [0, 0.1) is 4.77 Å². The fourth-order valence-corrected chi connectivity index (χ4v) is 3.19. The molecule has 2 heterocycles. The highest BCUT2D eigenvalue weighted by molar-refractivity contribution is 7.71. The largest absolute Gasteiger partial charge is 0.390 e. The van der Waals surface area contributed by atoms with Gasteiger partial charge < -0.3 is 14.7 Å². The zero-order chi connectivity index (χ0) is 12.3. The Balaban J connectivity index is 2.45. The van der Waals surface area contributed by atoms with E-state index in [0.29, 0.717) is 4.77 Å². The Morgan fingerprint density at radius 3 is 3.00 bits per heavy atom. The van der Waals surface area contributed by atoms with E-state index in [1.807, 2.05) is 4.57 Å². The second kappa shape index (κ2) is 5.62. The van der Waals surface area contributed by atoms with Crippen LogP contribution in [-0.2, 0) is 6.61 Å². The van der Waals surface area contributed by atoms with Crippen LogP contribution in [0.3, 0.4) is 0 Å². The van der Waals surface area contributed by atoms with Gasteiger partial charge in [0.15, 0.2) is 4.77 Å². The van der Waals surface area contributed by atoms with E-state index in [4.69, 9.17) is 12.2 Å². The third kappa shape index (κ3) is 2.51. The van der Waals surface area contributed by atoms with Gasteiger partial charge in [0, 0.05) is 11.1 Å². The van der Waals surface area contributed by atoms with Crippen LogP contribution in [0.25, 0.3) is 0 Å². The van der Waals surface area contributed by atoms with Crippen LogP contribution >= 0.6 is 23.6 Å². The molecule has 92 valence electrons.